The molecule has 0 amide bonds. The van der Waals surface area contributed by atoms with Crippen LogP contribution in [0.2, 0.25) is 0 Å². The molecule has 6 heteroatoms. The second-order valence-corrected chi connectivity index (χ2v) is 4.18. The molecule has 0 saturated carbocycles. The summed E-state index contributed by atoms with van der Waals surface area (Å²) >= 11 is 3.52. The molecule has 0 aliphatic rings. The molecule has 0 spiro atoms. The molecule has 0 saturated heterocycles. The number of aromatic nitrogens is 2. The number of hydrogen-bond acceptors (Lipinski definition) is 5. The van der Waals surface area contributed by atoms with Crippen molar-refractivity contribution in [2.45, 2.75) is 13.8 Å². The van der Waals surface area contributed by atoms with E-state index < -0.39 is 0 Å². The zero-order chi connectivity index (χ0) is 12.7. The van der Waals surface area contributed by atoms with Gasteiger partial charge in [-0.1, -0.05) is 0 Å². The Hall–Kier alpha value is -0.880. The van der Waals surface area contributed by atoms with Crippen LogP contribution in [0.15, 0.2) is 10.8 Å². The summed E-state index contributed by atoms with van der Waals surface area (Å²) < 4.78 is 6.26. The molecule has 1 heterocycles. The Morgan fingerprint density at radius 2 is 2.18 bits per heavy atom. The lowest BCUT2D eigenvalue weighted by Crippen LogP contribution is -2.28. The SMILES string of the molecule is CCOCCN(CC)c1ncnc(NC)c1Br. The summed E-state index contributed by atoms with van der Waals surface area (Å²) in [4.78, 5) is 10.6. The van der Waals surface area contributed by atoms with Crippen LogP contribution in [-0.4, -0.2) is 43.3 Å². The van der Waals surface area contributed by atoms with Crippen molar-refractivity contribution in [3.05, 3.63) is 10.8 Å². The zero-order valence-corrected chi connectivity index (χ0v) is 12.1. The molecule has 1 aromatic rings. The van der Waals surface area contributed by atoms with E-state index in [1.54, 1.807) is 6.33 Å². The largest absolute Gasteiger partial charge is 0.380 e. The van der Waals surface area contributed by atoms with Gasteiger partial charge in [0.05, 0.1) is 6.61 Å². The van der Waals surface area contributed by atoms with Crippen LogP contribution in [0.25, 0.3) is 0 Å². The number of hydrogen-bond donors (Lipinski definition) is 1. The van der Waals surface area contributed by atoms with Crippen molar-refractivity contribution in [3.63, 3.8) is 0 Å². The Bertz CT molecular complexity index is 348. The van der Waals surface area contributed by atoms with Crippen molar-refractivity contribution < 1.29 is 4.74 Å². The first-order valence-electron chi connectivity index (χ1n) is 5.75. The second kappa shape index (κ2) is 7.45. The number of anilines is 2. The highest BCUT2D eigenvalue weighted by Gasteiger charge is 2.13. The summed E-state index contributed by atoms with van der Waals surface area (Å²) in [5.74, 6) is 1.69. The van der Waals surface area contributed by atoms with E-state index in [0.717, 1.165) is 35.8 Å². The topological polar surface area (TPSA) is 50.3 Å². The van der Waals surface area contributed by atoms with Gasteiger partial charge in [-0.3, -0.25) is 0 Å². The van der Waals surface area contributed by atoms with E-state index in [1.165, 1.54) is 0 Å². The van der Waals surface area contributed by atoms with E-state index in [0.29, 0.717) is 6.61 Å². The third-order valence-electron chi connectivity index (χ3n) is 2.40. The van der Waals surface area contributed by atoms with Crippen molar-refractivity contribution >= 4 is 27.6 Å². The van der Waals surface area contributed by atoms with Gasteiger partial charge in [-0.05, 0) is 29.8 Å². The number of likely N-dealkylation sites (N-methyl/N-ethyl adjacent to an activating group) is 1. The maximum absolute atomic E-state index is 5.37. The Morgan fingerprint density at radius 3 is 2.76 bits per heavy atom. The van der Waals surface area contributed by atoms with Crippen LogP contribution in [0.3, 0.4) is 0 Å². The minimum Gasteiger partial charge on any atom is -0.380 e. The van der Waals surface area contributed by atoms with Crippen LogP contribution in [0.4, 0.5) is 11.6 Å². The molecule has 1 rings (SSSR count). The van der Waals surface area contributed by atoms with Crippen molar-refractivity contribution in [1.29, 1.82) is 0 Å². The van der Waals surface area contributed by atoms with Crippen LogP contribution in [0.1, 0.15) is 13.8 Å². The summed E-state index contributed by atoms with van der Waals surface area (Å²) in [6, 6.07) is 0. The smallest absolute Gasteiger partial charge is 0.148 e. The number of halogens is 1. The lowest BCUT2D eigenvalue weighted by molar-refractivity contribution is 0.154. The van der Waals surface area contributed by atoms with Crippen molar-refractivity contribution in [2.75, 3.05) is 43.6 Å². The fourth-order valence-corrected chi connectivity index (χ4v) is 2.14. The first-order chi connectivity index (χ1) is 8.24. The van der Waals surface area contributed by atoms with Crippen LogP contribution >= 0.6 is 15.9 Å². The molecule has 0 radical (unpaired) electrons. The number of ether oxygens (including phenoxy) is 1. The number of nitrogens with zero attached hydrogens (tertiary/aromatic N) is 3. The molecular formula is C11H19BrN4O. The Labute approximate surface area is 111 Å². The molecule has 1 aromatic heterocycles. The summed E-state index contributed by atoms with van der Waals surface area (Å²) in [5.41, 5.74) is 0. The molecule has 0 aliphatic carbocycles. The summed E-state index contributed by atoms with van der Waals surface area (Å²) in [5, 5.41) is 3.03. The fraction of sp³-hybridized carbons (Fsp3) is 0.636. The summed E-state index contributed by atoms with van der Waals surface area (Å²) in [7, 11) is 1.84. The van der Waals surface area contributed by atoms with E-state index in [-0.39, 0.29) is 0 Å². The van der Waals surface area contributed by atoms with Crippen LogP contribution in [-0.2, 0) is 4.74 Å². The standard InChI is InChI=1S/C11H19BrN4O/c1-4-16(6-7-17-5-2)11-9(12)10(13-3)14-8-15-11/h8H,4-7H2,1-3H3,(H,13,14,15). The average molecular weight is 303 g/mol. The van der Waals surface area contributed by atoms with Crippen molar-refractivity contribution in [1.82, 2.24) is 9.97 Å². The Kier molecular flexibility index (Phi) is 6.21. The quantitative estimate of drug-likeness (QED) is 0.782. The summed E-state index contributed by atoms with van der Waals surface area (Å²) in [6.07, 6.45) is 1.56. The minimum absolute atomic E-state index is 0.704. The van der Waals surface area contributed by atoms with Gasteiger partial charge in [0.25, 0.3) is 0 Å². The van der Waals surface area contributed by atoms with Crippen LogP contribution in [0, 0.1) is 0 Å². The second-order valence-electron chi connectivity index (χ2n) is 3.39. The number of nitrogens with one attached hydrogen (secondary N) is 1. The van der Waals surface area contributed by atoms with Gasteiger partial charge < -0.3 is 15.0 Å². The van der Waals surface area contributed by atoms with E-state index in [2.05, 4.69) is 43.0 Å². The molecule has 0 aliphatic heterocycles. The van der Waals surface area contributed by atoms with Gasteiger partial charge in [0, 0.05) is 26.7 Å². The average Bonchev–Trinajstić information content (AvgIpc) is 2.36. The third kappa shape index (κ3) is 3.81. The van der Waals surface area contributed by atoms with Gasteiger partial charge in [-0.2, -0.15) is 0 Å². The minimum atomic E-state index is 0.704. The van der Waals surface area contributed by atoms with E-state index in [4.69, 9.17) is 4.74 Å². The predicted octanol–water partition coefficient (Wildman–Crippen LogP) is 2.14. The molecule has 0 aromatic carbocycles. The van der Waals surface area contributed by atoms with Crippen molar-refractivity contribution in [2.24, 2.45) is 0 Å². The van der Waals surface area contributed by atoms with E-state index in [9.17, 15) is 0 Å². The summed E-state index contributed by atoms with van der Waals surface area (Å²) in [6.45, 7) is 7.24. The highest BCUT2D eigenvalue weighted by Crippen LogP contribution is 2.28. The van der Waals surface area contributed by atoms with Gasteiger partial charge in [0.15, 0.2) is 0 Å². The van der Waals surface area contributed by atoms with Crippen LogP contribution < -0.4 is 10.2 Å². The molecule has 0 bridgehead atoms. The van der Waals surface area contributed by atoms with Gasteiger partial charge in [-0.15, -0.1) is 0 Å². The normalized spacial score (nSPS) is 10.4. The Morgan fingerprint density at radius 1 is 1.41 bits per heavy atom. The molecule has 17 heavy (non-hydrogen) atoms. The van der Waals surface area contributed by atoms with Crippen LogP contribution in [0.5, 0.6) is 0 Å². The molecule has 0 unspecified atom stereocenters. The first-order valence-corrected chi connectivity index (χ1v) is 6.54. The van der Waals surface area contributed by atoms with E-state index >= 15 is 0 Å². The Balaban J connectivity index is 2.80. The van der Waals surface area contributed by atoms with Crippen molar-refractivity contribution in [3.8, 4) is 0 Å². The highest BCUT2D eigenvalue weighted by atomic mass is 79.9. The fourth-order valence-electron chi connectivity index (χ4n) is 1.49. The maximum Gasteiger partial charge on any atom is 0.148 e. The van der Waals surface area contributed by atoms with Gasteiger partial charge in [0.1, 0.15) is 22.4 Å². The molecule has 96 valence electrons. The molecule has 1 N–H and O–H groups in total. The highest BCUT2D eigenvalue weighted by molar-refractivity contribution is 9.10. The predicted molar refractivity (Wildman–Crippen MR) is 73.7 cm³/mol. The zero-order valence-electron chi connectivity index (χ0n) is 10.5. The third-order valence-corrected chi connectivity index (χ3v) is 3.13. The molecule has 0 atom stereocenters. The lowest BCUT2D eigenvalue weighted by atomic mass is 10.4. The van der Waals surface area contributed by atoms with Gasteiger partial charge in [-0.25, -0.2) is 9.97 Å². The van der Waals surface area contributed by atoms with E-state index in [1.807, 2.05) is 14.0 Å². The number of rotatable bonds is 7. The first kappa shape index (κ1) is 14.2. The monoisotopic (exact) mass is 302 g/mol. The maximum atomic E-state index is 5.37. The van der Waals surface area contributed by atoms with Gasteiger partial charge in [0.2, 0.25) is 0 Å². The molecule has 0 fully saturated rings. The molecule has 5 nitrogen and oxygen atoms in total. The van der Waals surface area contributed by atoms with Gasteiger partial charge >= 0.3 is 0 Å². The lowest BCUT2D eigenvalue weighted by Gasteiger charge is -2.23. The molecular weight excluding hydrogens is 284 g/mol.